The van der Waals surface area contributed by atoms with E-state index in [1.807, 2.05) is 4.98 Å². The van der Waals surface area contributed by atoms with E-state index in [0.717, 1.165) is 10.8 Å². The zero-order valence-corrected chi connectivity index (χ0v) is 20.9. The van der Waals surface area contributed by atoms with Crippen molar-refractivity contribution in [1.82, 2.24) is 14.5 Å². The van der Waals surface area contributed by atoms with E-state index in [1.165, 1.54) is 0 Å². The summed E-state index contributed by atoms with van der Waals surface area (Å²) in [5, 5.41) is 20.1. The van der Waals surface area contributed by atoms with Gasteiger partial charge in [0.25, 0.3) is 0 Å². The molecule has 0 bridgehead atoms. The fourth-order valence-electron chi connectivity index (χ4n) is 3.02. The maximum absolute atomic E-state index is 12.9. The molecule has 0 spiro atoms. The van der Waals surface area contributed by atoms with Crippen LogP contribution in [0, 0.1) is 4.77 Å². The van der Waals surface area contributed by atoms with Crippen molar-refractivity contribution in [3.63, 3.8) is 0 Å². The number of ether oxygens (including phenoxy) is 1. The molecule has 1 aliphatic heterocycles. The Morgan fingerprint density at radius 1 is 1.11 bits per heavy atom. The number of nitrogens with one attached hydrogen (secondary N) is 1. The number of aromatic nitrogens is 3. The van der Waals surface area contributed by atoms with Gasteiger partial charge in [0.1, 0.15) is 29.7 Å². The van der Waals surface area contributed by atoms with Gasteiger partial charge in [-0.15, -0.1) is 0 Å². The third-order valence-corrected chi connectivity index (χ3v) is 8.58. The summed E-state index contributed by atoms with van der Waals surface area (Å²) >= 11 is 4.96. The summed E-state index contributed by atoms with van der Waals surface area (Å²) in [6, 6.07) is 0.254. The number of H-pyrrole nitrogens is 1. The minimum Gasteiger partial charge on any atom is -0.387 e. The molecule has 3 rings (SSSR count). The van der Waals surface area contributed by atoms with E-state index in [9.17, 15) is 46.8 Å². The van der Waals surface area contributed by atoms with Crippen LogP contribution in [0.2, 0.25) is 0 Å². The molecule has 1 aliphatic rings. The highest BCUT2D eigenvalue weighted by Crippen LogP contribution is 2.66. The van der Waals surface area contributed by atoms with Gasteiger partial charge in [0, 0.05) is 12.3 Å². The first kappa shape index (κ1) is 30.1. The lowest BCUT2D eigenvalue weighted by molar-refractivity contribution is -0.141. The van der Waals surface area contributed by atoms with Gasteiger partial charge >= 0.3 is 29.6 Å². The van der Waals surface area contributed by atoms with Crippen LogP contribution in [0.5, 0.6) is 0 Å². The molecule has 37 heavy (non-hydrogen) atoms. The molecule has 24 heteroatoms. The second-order valence-electron chi connectivity index (χ2n) is 7.17. The molecule has 1 fully saturated rings. The highest BCUT2D eigenvalue weighted by atomic mass is 32.1. The van der Waals surface area contributed by atoms with Crippen molar-refractivity contribution in [3.05, 3.63) is 33.0 Å². The van der Waals surface area contributed by atoms with E-state index in [4.69, 9.17) is 31.6 Å². The largest absolute Gasteiger partial charge is 0.490 e. The average Bonchev–Trinajstić information content (AvgIpc) is 2.96. The Balaban J connectivity index is 1.81. The minimum absolute atomic E-state index is 0.254. The second-order valence-corrected chi connectivity index (χ2v) is 12.0. The number of aliphatic hydroxyl groups is 2. The van der Waals surface area contributed by atoms with Crippen LogP contribution < -0.4 is 5.43 Å². The van der Waals surface area contributed by atoms with E-state index in [1.54, 1.807) is 0 Å². The Hall–Kier alpha value is -1.41. The summed E-state index contributed by atoms with van der Waals surface area (Å²) in [4.78, 5) is 53.4. The van der Waals surface area contributed by atoms with Crippen molar-refractivity contribution in [2.45, 2.75) is 30.7 Å². The standard InChI is InChI=1S/C13H15F3N3O14P3S/c14-13(15,16)7-1-5(20)4-2-19(12(37)18-10(4)17-7)11-9(22)8(21)6(31-11)3-30-35(26,27)33-36(28,29)32-34(23,24)25/h1-2,6,8-9,11,21-22H,3H2,(H,26,27)(H,28,29)(H,17,18,37)(H2,23,24,25)/t6-,8?,9+,11-/m1/s1. The maximum Gasteiger partial charge on any atom is 0.490 e. The Kier molecular flexibility index (Phi) is 8.38. The highest BCUT2D eigenvalue weighted by Gasteiger charge is 2.46. The Morgan fingerprint density at radius 3 is 2.30 bits per heavy atom. The highest BCUT2D eigenvalue weighted by molar-refractivity contribution is 7.71. The van der Waals surface area contributed by atoms with E-state index in [0.29, 0.717) is 0 Å². The van der Waals surface area contributed by atoms with E-state index < -0.39 is 87.7 Å². The minimum atomic E-state index is -5.82. The van der Waals surface area contributed by atoms with Crippen LogP contribution in [0.3, 0.4) is 0 Å². The lowest BCUT2D eigenvalue weighted by Crippen LogP contribution is -2.33. The molecule has 0 saturated carbocycles. The van der Waals surface area contributed by atoms with Crippen LogP contribution in [0.15, 0.2) is 17.1 Å². The van der Waals surface area contributed by atoms with Crippen molar-refractivity contribution in [2.24, 2.45) is 0 Å². The molecule has 1 saturated heterocycles. The first-order valence-electron chi connectivity index (χ1n) is 9.22. The number of fused-ring (bicyclic) bond motifs is 1. The van der Waals surface area contributed by atoms with Gasteiger partial charge in [0.15, 0.2) is 11.7 Å². The number of halogens is 3. The molecule has 17 nitrogen and oxygen atoms in total. The van der Waals surface area contributed by atoms with Gasteiger partial charge < -0.3 is 39.5 Å². The van der Waals surface area contributed by atoms with Crippen LogP contribution in [-0.2, 0) is 37.8 Å². The molecule has 208 valence electrons. The van der Waals surface area contributed by atoms with Crippen LogP contribution in [0.4, 0.5) is 13.2 Å². The third kappa shape index (κ3) is 7.37. The van der Waals surface area contributed by atoms with Crippen molar-refractivity contribution < 1.29 is 74.5 Å². The summed E-state index contributed by atoms with van der Waals surface area (Å²) < 4.78 is 89.6. The Labute approximate surface area is 206 Å². The summed E-state index contributed by atoms with van der Waals surface area (Å²) in [7, 11) is -17.0. The number of pyridine rings is 1. The van der Waals surface area contributed by atoms with Crippen molar-refractivity contribution >= 4 is 46.7 Å². The predicted octanol–water partition coefficient (Wildman–Crippen LogP) is 0.435. The van der Waals surface area contributed by atoms with Gasteiger partial charge in [0.2, 0.25) is 4.77 Å². The first-order chi connectivity index (χ1) is 16.7. The topological polar surface area (TPSA) is 260 Å². The monoisotopic (exact) mass is 619 g/mol. The Bertz CT molecular complexity index is 1460. The van der Waals surface area contributed by atoms with Crippen LogP contribution >= 0.6 is 35.7 Å². The summed E-state index contributed by atoms with van der Waals surface area (Å²) in [6.07, 6.45) is -11.1. The number of aliphatic hydroxyl groups excluding tert-OH is 2. The summed E-state index contributed by atoms with van der Waals surface area (Å²) in [5.74, 6) is 0. The molecule has 3 heterocycles. The summed E-state index contributed by atoms with van der Waals surface area (Å²) in [5.41, 5.74) is -3.07. The van der Waals surface area contributed by atoms with Crippen LogP contribution in [0.1, 0.15) is 11.9 Å². The smallest absolute Gasteiger partial charge is 0.387 e. The van der Waals surface area contributed by atoms with Gasteiger partial charge in [-0.2, -0.15) is 21.8 Å². The van der Waals surface area contributed by atoms with Crippen molar-refractivity contribution in [2.75, 3.05) is 6.61 Å². The predicted molar refractivity (Wildman–Crippen MR) is 112 cm³/mol. The SMILES string of the molecule is O=c1cc(C(F)(F)F)[nH]c2nc(=S)n([C@@H]3O[C@H](COP(=O)(O)OP(=O)(O)OP(=O)(O)O)C(O)[C@@H]3O)cc12. The molecule has 2 aromatic heterocycles. The molecule has 0 amide bonds. The third-order valence-electron chi connectivity index (χ3n) is 4.48. The summed E-state index contributed by atoms with van der Waals surface area (Å²) in [6.45, 7) is -1.14. The van der Waals surface area contributed by atoms with E-state index >= 15 is 0 Å². The number of aromatic amines is 1. The number of hydrogen-bond acceptors (Lipinski definition) is 12. The number of nitrogens with zero attached hydrogens (tertiary/aromatic N) is 2. The maximum atomic E-state index is 12.9. The van der Waals surface area contributed by atoms with Gasteiger partial charge in [-0.3, -0.25) is 13.9 Å². The molecule has 0 aromatic carbocycles. The number of alkyl halides is 3. The molecule has 2 aromatic rings. The van der Waals surface area contributed by atoms with Crippen LogP contribution in [-0.4, -0.2) is 69.2 Å². The number of phosphoric ester groups is 1. The fraction of sp³-hybridized carbons (Fsp3) is 0.462. The van der Waals surface area contributed by atoms with Crippen molar-refractivity contribution in [1.29, 1.82) is 0 Å². The molecule has 7 N–H and O–H groups in total. The van der Waals surface area contributed by atoms with Gasteiger partial charge in [-0.05, 0) is 12.2 Å². The second kappa shape index (κ2) is 10.3. The lowest BCUT2D eigenvalue weighted by Gasteiger charge is -2.19. The van der Waals surface area contributed by atoms with E-state index in [2.05, 4.69) is 18.1 Å². The van der Waals surface area contributed by atoms with Gasteiger partial charge in [-0.1, -0.05) is 0 Å². The molecule has 6 atom stereocenters. The molecule has 0 aliphatic carbocycles. The van der Waals surface area contributed by atoms with Crippen molar-refractivity contribution in [3.8, 4) is 0 Å². The molecule has 3 unspecified atom stereocenters. The van der Waals surface area contributed by atoms with Gasteiger partial charge in [-0.25, -0.2) is 18.7 Å². The number of rotatable bonds is 8. The van der Waals surface area contributed by atoms with Gasteiger partial charge in [0.05, 0.1) is 12.0 Å². The quantitative estimate of drug-likeness (QED) is 0.156. The number of phosphoric acid groups is 3. The lowest BCUT2D eigenvalue weighted by atomic mass is 10.1. The zero-order chi connectivity index (χ0) is 28.1. The molecular formula is C13H15F3N3O14P3S. The zero-order valence-electron chi connectivity index (χ0n) is 17.4. The number of hydrogen-bond donors (Lipinski definition) is 7. The Morgan fingerprint density at radius 2 is 1.73 bits per heavy atom. The molecule has 0 radical (unpaired) electrons. The first-order valence-corrected chi connectivity index (χ1v) is 14.2. The molecular weight excluding hydrogens is 604 g/mol. The normalized spacial score (nSPS) is 26.2. The van der Waals surface area contributed by atoms with Crippen LogP contribution in [0.25, 0.3) is 11.0 Å². The van der Waals surface area contributed by atoms with E-state index in [-0.39, 0.29) is 6.07 Å². The fourth-order valence-corrected chi connectivity index (χ4v) is 6.30. The average molecular weight is 619 g/mol.